The molecule has 1 atom stereocenters. The lowest BCUT2D eigenvalue weighted by molar-refractivity contribution is 0.318. The first-order valence-corrected chi connectivity index (χ1v) is 11.0. The molecule has 0 aliphatic rings. The van der Waals surface area contributed by atoms with Gasteiger partial charge in [0.15, 0.2) is 0 Å². The molecule has 2 aromatic rings. The molecule has 1 N–H and O–H groups in total. The monoisotopic (exact) mass is 392 g/mol. The van der Waals surface area contributed by atoms with E-state index in [1.807, 2.05) is 66.7 Å². The van der Waals surface area contributed by atoms with Gasteiger partial charge in [0.05, 0.1) is 0 Å². The van der Waals surface area contributed by atoms with Crippen LogP contribution in [0, 0.1) is 0 Å². The van der Waals surface area contributed by atoms with Crippen LogP contribution in [0.4, 0.5) is 0 Å². The second-order valence-corrected chi connectivity index (χ2v) is 5.34. The molecule has 2 rings (SSSR count). The van der Waals surface area contributed by atoms with E-state index in [2.05, 4.69) is 43.0 Å². The van der Waals surface area contributed by atoms with Crippen LogP contribution in [0.15, 0.2) is 61.2 Å². The summed E-state index contributed by atoms with van der Waals surface area (Å²) in [6, 6.07) is 18.7. The highest BCUT2D eigenvalue weighted by molar-refractivity contribution is 7.41. The Hall–Kier alpha value is -1.47. The zero-order valence-electron chi connectivity index (χ0n) is 18.7. The molecule has 0 heterocycles. The maximum Gasteiger partial charge on any atom is 0.0481 e. The van der Waals surface area contributed by atoms with Gasteiger partial charge in [-0.25, -0.2) is 0 Å². The van der Waals surface area contributed by atoms with E-state index in [0.717, 1.165) is 23.3 Å². The summed E-state index contributed by atoms with van der Waals surface area (Å²) >= 11 is 0. The van der Waals surface area contributed by atoms with Crippen LogP contribution in [0.3, 0.4) is 0 Å². The molecule has 0 aliphatic carbocycles. The van der Waals surface area contributed by atoms with E-state index < -0.39 is 0 Å². The molecular weight excluding hydrogens is 351 g/mol. The van der Waals surface area contributed by atoms with Gasteiger partial charge in [-0.2, -0.15) is 0 Å². The van der Waals surface area contributed by atoms with E-state index in [0.29, 0.717) is 8.81 Å². The van der Waals surface area contributed by atoms with Crippen molar-refractivity contribution >= 4 is 19.7 Å². The molecule has 0 saturated heterocycles. The van der Waals surface area contributed by atoms with Gasteiger partial charge in [0.25, 0.3) is 0 Å². The van der Waals surface area contributed by atoms with Crippen molar-refractivity contribution in [1.29, 1.82) is 0 Å². The number of rotatable bonds is 5. The van der Waals surface area contributed by atoms with Crippen molar-refractivity contribution < 1.29 is 9.63 Å². The summed E-state index contributed by atoms with van der Waals surface area (Å²) in [6.07, 6.45) is 0. The standard InChI is InChI=1S/C16H17OP.C2H6O.3C2H6/c1-3-17-18-16-11-9-15(10-12-16)13(2)14-7-5-4-6-8-14;1-2-3;3*1-2/h4-12,18H,2-3H2,1H3;3H,2H2,1H3;3*1-2H3. The summed E-state index contributed by atoms with van der Waals surface area (Å²) in [4.78, 5) is 0. The molecule has 0 amide bonds. The molecule has 0 bridgehead atoms. The number of aliphatic hydroxyl groups excluding tert-OH is 1. The lowest BCUT2D eigenvalue weighted by Crippen LogP contribution is -1.96. The van der Waals surface area contributed by atoms with Gasteiger partial charge in [-0.05, 0) is 35.9 Å². The van der Waals surface area contributed by atoms with Crippen LogP contribution in [-0.4, -0.2) is 18.3 Å². The van der Waals surface area contributed by atoms with Crippen LogP contribution < -0.4 is 5.30 Å². The summed E-state index contributed by atoms with van der Waals surface area (Å²) in [5, 5.41) is 8.79. The largest absolute Gasteiger partial charge is 0.397 e. The van der Waals surface area contributed by atoms with Crippen molar-refractivity contribution in [3.8, 4) is 0 Å². The van der Waals surface area contributed by atoms with Gasteiger partial charge < -0.3 is 9.63 Å². The molecule has 0 fully saturated rings. The highest BCUT2D eigenvalue weighted by Gasteiger charge is 2.01. The Balaban J connectivity index is -0.000000555. The van der Waals surface area contributed by atoms with Gasteiger partial charge in [-0.15, -0.1) is 0 Å². The molecule has 0 aromatic heterocycles. The minimum atomic E-state index is 0.250. The van der Waals surface area contributed by atoms with Gasteiger partial charge in [0.2, 0.25) is 0 Å². The molecule has 27 heavy (non-hydrogen) atoms. The zero-order chi connectivity index (χ0) is 21.5. The fourth-order valence-corrected chi connectivity index (χ4v) is 2.31. The highest BCUT2D eigenvalue weighted by atomic mass is 31.1. The van der Waals surface area contributed by atoms with Crippen LogP contribution in [0.5, 0.6) is 0 Å². The SMILES string of the molecule is C=C(c1ccccc1)c1ccc(POCC)cc1.CC.CC.CC.CCO. The van der Waals surface area contributed by atoms with Crippen LogP contribution in [0.25, 0.3) is 5.57 Å². The molecule has 3 heteroatoms. The molecule has 2 nitrogen and oxygen atoms in total. The highest BCUT2D eigenvalue weighted by Crippen LogP contribution is 2.21. The second kappa shape index (κ2) is 24.5. The summed E-state index contributed by atoms with van der Waals surface area (Å²) in [5.41, 5.74) is 3.38. The molecule has 0 spiro atoms. The van der Waals surface area contributed by atoms with Gasteiger partial charge in [-0.1, -0.05) is 103 Å². The van der Waals surface area contributed by atoms with Gasteiger partial charge in [0.1, 0.15) is 0 Å². The maximum absolute atomic E-state index is 7.57. The van der Waals surface area contributed by atoms with E-state index in [1.54, 1.807) is 6.92 Å². The first-order valence-electron chi connectivity index (χ1n) is 10.1. The second-order valence-electron chi connectivity index (χ2n) is 4.27. The zero-order valence-corrected chi connectivity index (χ0v) is 19.7. The fraction of sp³-hybridized carbons (Fsp3) is 0.417. The van der Waals surface area contributed by atoms with E-state index in [4.69, 9.17) is 9.63 Å². The molecule has 0 aliphatic heterocycles. The lowest BCUT2D eigenvalue weighted by atomic mass is 10.00. The quantitative estimate of drug-likeness (QED) is 0.551. The third-order valence-corrected chi connectivity index (χ3v) is 3.69. The number of benzene rings is 2. The van der Waals surface area contributed by atoms with Gasteiger partial charge in [0, 0.05) is 22.0 Å². The third-order valence-electron chi connectivity index (χ3n) is 2.69. The van der Waals surface area contributed by atoms with Crippen LogP contribution >= 0.6 is 8.81 Å². The summed E-state index contributed by atoms with van der Waals surface area (Å²) in [6.45, 7) is 20.9. The summed E-state index contributed by atoms with van der Waals surface area (Å²) in [7, 11) is 0.431. The Labute approximate surface area is 170 Å². The molecule has 0 radical (unpaired) electrons. The fourth-order valence-electron chi connectivity index (χ4n) is 1.70. The van der Waals surface area contributed by atoms with Crippen molar-refractivity contribution in [3.63, 3.8) is 0 Å². The van der Waals surface area contributed by atoms with Crippen molar-refractivity contribution in [2.75, 3.05) is 13.2 Å². The Morgan fingerprint density at radius 2 is 1.22 bits per heavy atom. The minimum absolute atomic E-state index is 0.250. The van der Waals surface area contributed by atoms with Crippen LogP contribution in [0.2, 0.25) is 0 Å². The number of hydrogen-bond donors (Lipinski definition) is 1. The Bertz CT molecular complexity index is 522. The van der Waals surface area contributed by atoms with Crippen molar-refractivity contribution in [2.45, 2.75) is 55.4 Å². The maximum atomic E-state index is 7.57. The van der Waals surface area contributed by atoms with E-state index in [9.17, 15) is 0 Å². The first-order chi connectivity index (χ1) is 13.2. The predicted molar refractivity (Wildman–Crippen MR) is 127 cm³/mol. The summed E-state index contributed by atoms with van der Waals surface area (Å²) < 4.78 is 5.41. The third kappa shape index (κ3) is 15.3. The number of aliphatic hydroxyl groups is 1. The van der Waals surface area contributed by atoms with Crippen LogP contribution in [-0.2, 0) is 4.52 Å². The number of hydrogen-bond acceptors (Lipinski definition) is 2. The average Bonchev–Trinajstić information content (AvgIpc) is 2.77. The van der Waals surface area contributed by atoms with Crippen LogP contribution in [0.1, 0.15) is 66.5 Å². The smallest absolute Gasteiger partial charge is 0.0481 e. The van der Waals surface area contributed by atoms with Gasteiger partial charge in [-0.3, -0.25) is 0 Å². The topological polar surface area (TPSA) is 29.5 Å². The average molecular weight is 393 g/mol. The molecular formula is C24H41O2P. The van der Waals surface area contributed by atoms with Gasteiger partial charge >= 0.3 is 0 Å². The Morgan fingerprint density at radius 1 is 0.815 bits per heavy atom. The minimum Gasteiger partial charge on any atom is -0.397 e. The Morgan fingerprint density at radius 3 is 1.63 bits per heavy atom. The lowest BCUT2D eigenvalue weighted by Gasteiger charge is -2.07. The van der Waals surface area contributed by atoms with Crippen molar-refractivity contribution in [3.05, 3.63) is 72.3 Å². The van der Waals surface area contributed by atoms with Crippen molar-refractivity contribution in [2.24, 2.45) is 0 Å². The summed E-state index contributed by atoms with van der Waals surface area (Å²) in [5.74, 6) is 0. The first kappa shape index (κ1) is 30.3. The molecule has 0 saturated carbocycles. The molecule has 1 unspecified atom stereocenters. The Kier molecular flexibility index (Phi) is 27.5. The van der Waals surface area contributed by atoms with Crippen molar-refractivity contribution in [1.82, 2.24) is 0 Å². The van der Waals surface area contributed by atoms with E-state index in [1.165, 1.54) is 5.30 Å². The molecule has 154 valence electrons. The normalized spacial score (nSPS) is 8.63. The predicted octanol–water partition coefficient (Wildman–Crippen LogP) is 7.08. The van der Waals surface area contributed by atoms with E-state index >= 15 is 0 Å². The van der Waals surface area contributed by atoms with E-state index in [-0.39, 0.29) is 6.61 Å². The molecule has 2 aromatic carbocycles.